The summed E-state index contributed by atoms with van der Waals surface area (Å²) in [5.41, 5.74) is 0.869. The van der Waals surface area contributed by atoms with Crippen LogP contribution in [-0.4, -0.2) is 43.2 Å². The minimum Gasteiger partial charge on any atom is -0.352 e. The third-order valence-electron chi connectivity index (χ3n) is 4.20. The van der Waals surface area contributed by atoms with E-state index in [1.54, 1.807) is 18.2 Å². The molecule has 24 heavy (non-hydrogen) atoms. The van der Waals surface area contributed by atoms with Crippen LogP contribution in [0.15, 0.2) is 24.3 Å². The van der Waals surface area contributed by atoms with Crippen LogP contribution in [-0.2, 0) is 0 Å². The van der Waals surface area contributed by atoms with E-state index in [1.165, 1.54) is 11.0 Å². The molecule has 130 valence electrons. The molecule has 0 saturated carbocycles. The molecular weight excluding hydrogens is 319 g/mol. The van der Waals surface area contributed by atoms with Gasteiger partial charge in [-0.2, -0.15) is 18.4 Å². The number of piperidine rings is 1. The van der Waals surface area contributed by atoms with E-state index in [0.29, 0.717) is 36.7 Å². The summed E-state index contributed by atoms with van der Waals surface area (Å²) in [5, 5.41) is 11.6. The Bertz CT molecular complexity index is 602. The van der Waals surface area contributed by atoms with Gasteiger partial charge in [0.05, 0.1) is 18.2 Å². The van der Waals surface area contributed by atoms with Gasteiger partial charge in [0.2, 0.25) is 0 Å². The zero-order valence-electron chi connectivity index (χ0n) is 13.3. The van der Waals surface area contributed by atoms with Crippen molar-refractivity contribution in [2.45, 2.75) is 25.4 Å². The van der Waals surface area contributed by atoms with Crippen molar-refractivity contribution >= 4 is 5.91 Å². The molecule has 1 aliphatic rings. The molecule has 0 aromatic heterocycles. The molecule has 1 aromatic rings. The zero-order chi connectivity index (χ0) is 17.6. The van der Waals surface area contributed by atoms with Crippen molar-refractivity contribution in [1.29, 1.82) is 5.26 Å². The predicted molar refractivity (Wildman–Crippen MR) is 83.3 cm³/mol. The first-order chi connectivity index (χ1) is 11.4. The Labute approximate surface area is 139 Å². The van der Waals surface area contributed by atoms with Crippen molar-refractivity contribution in [2.24, 2.45) is 5.92 Å². The van der Waals surface area contributed by atoms with Gasteiger partial charge < -0.3 is 5.32 Å². The summed E-state index contributed by atoms with van der Waals surface area (Å²) in [6, 6.07) is 8.45. The lowest BCUT2D eigenvalue weighted by Crippen LogP contribution is -2.40. The van der Waals surface area contributed by atoms with Gasteiger partial charge in [-0.1, -0.05) is 6.07 Å². The zero-order valence-corrected chi connectivity index (χ0v) is 13.3. The van der Waals surface area contributed by atoms with Crippen molar-refractivity contribution < 1.29 is 18.0 Å². The van der Waals surface area contributed by atoms with Crippen LogP contribution in [0.1, 0.15) is 35.2 Å². The molecule has 7 heteroatoms. The largest absolute Gasteiger partial charge is 0.401 e. The molecule has 0 spiro atoms. The molecule has 1 N–H and O–H groups in total. The normalized spacial score (nSPS) is 16.6. The van der Waals surface area contributed by atoms with Crippen molar-refractivity contribution in [2.75, 3.05) is 26.2 Å². The van der Waals surface area contributed by atoms with Crippen molar-refractivity contribution in [3.63, 3.8) is 0 Å². The summed E-state index contributed by atoms with van der Waals surface area (Å²) in [4.78, 5) is 13.4. The molecule has 1 amide bonds. The summed E-state index contributed by atoms with van der Waals surface area (Å²) in [7, 11) is 0. The molecule has 0 bridgehead atoms. The first kappa shape index (κ1) is 18.3. The highest BCUT2D eigenvalue weighted by atomic mass is 19.4. The van der Waals surface area contributed by atoms with Gasteiger partial charge in [-0.05, 0) is 56.5 Å². The number of carbonyl (C=O) groups excluding carboxylic acids is 1. The van der Waals surface area contributed by atoms with Gasteiger partial charge in [0.15, 0.2) is 0 Å². The average Bonchev–Trinajstić information content (AvgIpc) is 2.55. The lowest BCUT2D eigenvalue weighted by Gasteiger charge is -2.32. The quantitative estimate of drug-likeness (QED) is 0.897. The number of nitrogens with one attached hydrogen (secondary N) is 1. The topological polar surface area (TPSA) is 56.1 Å². The van der Waals surface area contributed by atoms with Gasteiger partial charge in [0, 0.05) is 12.1 Å². The number of nitriles is 1. The van der Waals surface area contributed by atoms with E-state index in [0.717, 1.165) is 19.3 Å². The lowest BCUT2D eigenvalue weighted by atomic mass is 9.93. The monoisotopic (exact) mass is 339 g/mol. The van der Waals surface area contributed by atoms with Gasteiger partial charge in [0.1, 0.15) is 0 Å². The molecule has 0 aliphatic carbocycles. The van der Waals surface area contributed by atoms with Crippen LogP contribution in [0.3, 0.4) is 0 Å². The molecular formula is C17H20F3N3O. The number of alkyl halides is 3. The molecule has 0 unspecified atom stereocenters. The Balaban J connectivity index is 1.70. The molecule has 1 saturated heterocycles. The summed E-state index contributed by atoms with van der Waals surface area (Å²) in [5.74, 6) is 0.0989. The standard InChI is InChI=1S/C17H20F3N3O/c18-17(19,20)12-23-8-5-13(6-9-23)4-7-22-16(24)15-3-1-2-14(10-15)11-21/h1-3,10,13H,4-9,12H2,(H,22,24). The molecule has 1 aromatic carbocycles. The number of hydrogen-bond donors (Lipinski definition) is 1. The van der Waals surface area contributed by atoms with E-state index >= 15 is 0 Å². The first-order valence-electron chi connectivity index (χ1n) is 7.95. The highest BCUT2D eigenvalue weighted by Crippen LogP contribution is 2.24. The molecule has 2 rings (SSSR count). The summed E-state index contributed by atoms with van der Waals surface area (Å²) in [6.45, 7) is 0.538. The van der Waals surface area contributed by atoms with E-state index in [9.17, 15) is 18.0 Å². The minimum absolute atomic E-state index is 0.235. The smallest absolute Gasteiger partial charge is 0.352 e. The van der Waals surface area contributed by atoms with Crippen LogP contribution in [0.2, 0.25) is 0 Å². The third kappa shape index (κ3) is 5.85. The molecule has 1 fully saturated rings. The number of rotatable bonds is 5. The van der Waals surface area contributed by atoms with Crippen LogP contribution in [0.5, 0.6) is 0 Å². The SMILES string of the molecule is N#Cc1cccc(C(=O)NCCC2CCN(CC(F)(F)F)CC2)c1. The van der Waals surface area contributed by atoms with Gasteiger partial charge in [0.25, 0.3) is 5.91 Å². The van der Waals surface area contributed by atoms with Crippen molar-refractivity contribution in [3.8, 4) is 6.07 Å². The first-order valence-corrected chi connectivity index (χ1v) is 7.95. The highest BCUT2D eigenvalue weighted by molar-refractivity contribution is 5.94. The van der Waals surface area contributed by atoms with E-state index < -0.39 is 12.7 Å². The number of benzene rings is 1. The van der Waals surface area contributed by atoms with Gasteiger partial charge >= 0.3 is 6.18 Å². The van der Waals surface area contributed by atoms with E-state index in [1.807, 2.05) is 6.07 Å². The second-order valence-electron chi connectivity index (χ2n) is 6.07. The molecule has 0 atom stereocenters. The number of nitrogens with zero attached hydrogens (tertiary/aromatic N) is 2. The van der Waals surface area contributed by atoms with E-state index in [2.05, 4.69) is 5.32 Å². The van der Waals surface area contributed by atoms with E-state index in [-0.39, 0.29) is 5.91 Å². The summed E-state index contributed by atoms with van der Waals surface area (Å²) >= 11 is 0. The van der Waals surface area contributed by atoms with Crippen LogP contribution in [0, 0.1) is 17.2 Å². The second kappa shape index (κ2) is 8.15. The minimum atomic E-state index is -4.14. The fraction of sp³-hybridized carbons (Fsp3) is 0.529. The Morgan fingerprint density at radius 3 is 2.67 bits per heavy atom. The Morgan fingerprint density at radius 2 is 2.04 bits per heavy atom. The maximum atomic E-state index is 12.3. The summed E-state index contributed by atoms with van der Waals surface area (Å²) < 4.78 is 37.0. The van der Waals surface area contributed by atoms with Crippen LogP contribution in [0.4, 0.5) is 13.2 Å². The van der Waals surface area contributed by atoms with Gasteiger partial charge in [-0.3, -0.25) is 9.69 Å². The molecule has 0 radical (unpaired) electrons. The van der Waals surface area contributed by atoms with Crippen molar-refractivity contribution in [3.05, 3.63) is 35.4 Å². The lowest BCUT2D eigenvalue weighted by molar-refractivity contribution is -0.148. The maximum absolute atomic E-state index is 12.3. The van der Waals surface area contributed by atoms with Gasteiger partial charge in [-0.15, -0.1) is 0 Å². The third-order valence-corrected chi connectivity index (χ3v) is 4.20. The Kier molecular flexibility index (Phi) is 6.21. The highest BCUT2D eigenvalue weighted by Gasteiger charge is 2.32. The molecule has 4 nitrogen and oxygen atoms in total. The van der Waals surface area contributed by atoms with E-state index in [4.69, 9.17) is 5.26 Å². The maximum Gasteiger partial charge on any atom is 0.401 e. The molecule has 1 aliphatic heterocycles. The number of amides is 1. The predicted octanol–water partition coefficient (Wildman–Crippen LogP) is 2.95. The Hall–Kier alpha value is -2.07. The number of hydrogen-bond acceptors (Lipinski definition) is 3. The fourth-order valence-electron chi connectivity index (χ4n) is 2.91. The number of halogens is 3. The summed E-state index contributed by atoms with van der Waals surface area (Å²) in [6.07, 6.45) is -1.95. The number of likely N-dealkylation sites (tertiary alicyclic amines) is 1. The van der Waals surface area contributed by atoms with Crippen LogP contribution in [0.25, 0.3) is 0 Å². The average molecular weight is 339 g/mol. The fourth-order valence-corrected chi connectivity index (χ4v) is 2.91. The Morgan fingerprint density at radius 1 is 1.33 bits per heavy atom. The molecule has 1 heterocycles. The number of carbonyl (C=O) groups is 1. The second-order valence-corrected chi connectivity index (χ2v) is 6.07. The van der Waals surface area contributed by atoms with Gasteiger partial charge in [-0.25, -0.2) is 0 Å². The van der Waals surface area contributed by atoms with Crippen molar-refractivity contribution in [1.82, 2.24) is 10.2 Å². The van der Waals surface area contributed by atoms with Crippen LogP contribution < -0.4 is 5.32 Å². The van der Waals surface area contributed by atoms with Crippen LogP contribution >= 0.6 is 0 Å².